The summed E-state index contributed by atoms with van der Waals surface area (Å²) in [5.41, 5.74) is 6.16. The number of ether oxygens (including phenoxy) is 1. The minimum Gasteiger partial charge on any atom is -0.467 e. The Morgan fingerprint density at radius 2 is 2.05 bits per heavy atom. The van der Waals surface area contributed by atoms with Crippen molar-refractivity contribution in [1.82, 2.24) is 14.8 Å². The van der Waals surface area contributed by atoms with E-state index in [1.165, 1.54) is 22.4 Å². The molecule has 0 saturated heterocycles. The molecule has 1 aromatic carbocycles. The molecule has 3 aromatic rings. The summed E-state index contributed by atoms with van der Waals surface area (Å²) in [4.78, 5) is 0. The minimum atomic E-state index is 0.0756. The smallest absolute Gasteiger partial charge is 0.258 e. The predicted octanol–water partition coefficient (Wildman–Crippen LogP) is 3.65. The Balaban J connectivity index is 1.79. The van der Waals surface area contributed by atoms with E-state index >= 15 is 0 Å². The first kappa shape index (κ1) is 13.3. The van der Waals surface area contributed by atoms with Crippen LogP contribution in [0.4, 0.5) is 0 Å². The van der Waals surface area contributed by atoms with Gasteiger partial charge in [0.25, 0.3) is 5.88 Å². The van der Waals surface area contributed by atoms with Gasteiger partial charge in [-0.25, -0.2) is 0 Å². The third kappa shape index (κ3) is 1.83. The zero-order valence-corrected chi connectivity index (χ0v) is 13.1. The molecule has 4 nitrogen and oxygen atoms in total. The van der Waals surface area contributed by atoms with Gasteiger partial charge in [-0.15, -0.1) is 5.10 Å². The molecule has 0 fully saturated rings. The first-order valence-electron chi connectivity index (χ1n) is 7.68. The topological polar surface area (TPSA) is 39.9 Å². The van der Waals surface area contributed by atoms with E-state index in [-0.39, 0.29) is 6.10 Å². The van der Waals surface area contributed by atoms with E-state index in [0.29, 0.717) is 5.88 Å². The minimum absolute atomic E-state index is 0.0756. The summed E-state index contributed by atoms with van der Waals surface area (Å²) in [6.45, 7) is 4.23. The molecule has 112 valence electrons. The van der Waals surface area contributed by atoms with E-state index in [9.17, 15) is 0 Å². The molecule has 2 aromatic heterocycles. The molecular formula is C18H19N3O. The van der Waals surface area contributed by atoms with E-state index in [0.717, 1.165) is 23.7 Å². The Labute approximate surface area is 129 Å². The van der Waals surface area contributed by atoms with Crippen molar-refractivity contribution in [2.75, 3.05) is 0 Å². The maximum Gasteiger partial charge on any atom is 0.258 e. The zero-order chi connectivity index (χ0) is 15.3. The normalized spacial score (nSPS) is 17.0. The maximum atomic E-state index is 6.27. The highest BCUT2D eigenvalue weighted by molar-refractivity contribution is 5.88. The van der Waals surface area contributed by atoms with Crippen molar-refractivity contribution in [3.8, 4) is 5.88 Å². The lowest BCUT2D eigenvalue weighted by Crippen LogP contribution is -2.07. The third-order valence-electron chi connectivity index (χ3n) is 4.91. The molecule has 0 unspecified atom stereocenters. The largest absolute Gasteiger partial charge is 0.467 e. The molecule has 1 aliphatic carbocycles. The van der Waals surface area contributed by atoms with Crippen LogP contribution in [-0.2, 0) is 13.5 Å². The van der Waals surface area contributed by atoms with Crippen molar-refractivity contribution in [2.45, 2.75) is 32.8 Å². The molecule has 0 bridgehead atoms. The average Bonchev–Trinajstić information content (AvgIpc) is 3.04. The van der Waals surface area contributed by atoms with Crippen LogP contribution in [-0.4, -0.2) is 14.8 Å². The fourth-order valence-electron chi connectivity index (χ4n) is 3.43. The molecule has 0 N–H and O–H groups in total. The van der Waals surface area contributed by atoms with Gasteiger partial charge in [0.15, 0.2) is 0 Å². The Hall–Kier alpha value is -2.36. The standard InChI is InChI=1S/C18H19N3O/c1-11-12(2)21(3)17-15(11)10-19-20-18(17)22-16-9-8-13-6-4-5-7-14(13)16/h4-7,10,16H,8-9H2,1-3H3/t16-/m1/s1. The third-order valence-corrected chi connectivity index (χ3v) is 4.91. The summed E-state index contributed by atoms with van der Waals surface area (Å²) < 4.78 is 8.42. The highest BCUT2D eigenvalue weighted by atomic mass is 16.5. The zero-order valence-electron chi connectivity index (χ0n) is 13.1. The molecule has 4 rings (SSSR count). The molecule has 0 spiro atoms. The Morgan fingerprint density at radius 3 is 2.91 bits per heavy atom. The number of hydrogen-bond acceptors (Lipinski definition) is 3. The summed E-state index contributed by atoms with van der Waals surface area (Å²) in [6, 6.07) is 8.50. The first-order valence-corrected chi connectivity index (χ1v) is 7.68. The van der Waals surface area contributed by atoms with Gasteiger partial charge in [0, 0.05) is 18.1 Å². The lowest BCUT2D eigenvalue weighted by Gasteiger charge is -2.15. The number of aromatic nitrogens is 3. The SMILES string of the molecule is Cc1c(C)n(C)c2c(O[C@@H]3CCc4ccccc43)nncc12. The molecule has 4 heteroatoms. The van der Waals surface area contributed by atoms with Gasteiger partial charge in [-0.05, 0) is 43.4 Å². The fourth-order valence-corrected chi connectivity index (χ4v) is 3.43. The van der Waals surface area contributed by atoms with E-state index in [2.05, 4.69) is 59.9 Å². The van der Waals surface area contributed by atoms with Gasteiger partial charge in [-0.2, -0.15) is 5.10 Å². The summed E-state index contributed by atoms with van der Waals surface area (Å²) >= 11 is 0. The van der Waals surface area contributed by atoms with Crippen LogP contribution in [0.1, 0.15) is 34.9 Å². The Morgan fingerprint density at radius 1 is 1.23 bits per heavy atom. The van der Waals surface area contributed by atoms with Crippen molar-refractivity contribution in [3.63, 3.8) is 0 Å². The fraction of sp³-hybridized carbons (Fsp3) is 0.333. The predicted molar refractivity (Wildman–Crippen MR) is 86.1 cm³/mol. The van der Waals surface area contributed by atoms with Crippen LogP contribution >= 0.6 is 0 Å². The van der Waals surface area contributed by atoms with E-state index < -0.39 is 0 Å². The van der Waals surface area contributed by atoms with Crippen LogP contribution in [0.3, 0.4) is 0 Å². The van der Waals surface area contributed by atoms with E-state index in [1.54, 1.807) is 0 Å². The monoisotopic (exact) mass is 293 g/mol. The number of nitrogens with zero attached hydrogens (tertiary/aromatic N) is 3. The summed E-state index contributed by atoms with van der Waals surface area (Å²) in [7, 11) is 2.06. The first-order chi connectivity index (χ1) is 10.7. The van der Waals surface area contributed by atoms with Gasteiger partial charge in [0.05, 0.1) is 6.20 Å². The van der Waals surface area contributed by atoms with Crippen LogP contribution in [0.15, 0.2) is 30.5 Å². The van der Waals surface area contributed by atoms with Crippen molar-refractivity contribution in [2.24, 2.45) is 7.05 Å². The van der Waals surface area contributed by atoms with Crippen molar-refractivity contribution >= 4 is 10.9 Å². The quantitative estimate of drug-likeness (QED) is 0.724. The summed E-state index contributed by atoms with van der Waals surface area (Å²) in [5, 5.41) is 9.52. The van der Waals surface area contributed by atoms with Crippen LogP contribution in [0.25, 0.3) is 10.9 Å². The molecule has 22 heavy (non-hydrogen) atoms. The number of aryl methyl sites for hydroxylation is 3. The lowest BCUT2D eigenvalue weighted by molar-refractivity contribution is 0.199. The van der Waals surface area contributed by atoms with Crippen molar-refractivity contribution < 1.29 is 4.74 Å². The van der Waals surface area contributed by atoms with Gasteiger partial charge in [0.1, 0.15) is 11.6 Å². The Kier molecular flexibility index (Phi) is 2.93. The van der Waals surface area contributed by atoms with Gasteiger partial charge >= 0.3 is 0 Å². The molecule has 0 aliphatic heterocycles. The Bertz CT molecular complexity index is 866. The lowest BCUT2D eigenvalue weighted by atomic mass is 10.1. The average molecular weight is 293 g/mol. The molecule has 0 saturated carbocycles. The van der Waals surface area contributed by atoms with Gasteiger partial charge < -0.3 is 9.30 Å². The van der Waals surface area contributed by atoms with Gasteiger partial charge in [-0.3, -0.25) is 0 Å². The number of benzene rings is 1. The van der Waals surface area contributed by atoms with Gasteiger partial charge in [0.2, 0.25) is 0 Å². The molecule has 1 aliphatic rings. The number of rotatable bonds is 2. The van der Waals surface area contributed by atoms with E-state index in [4.69, 9.17) is 4.74 Å². The van der Waals surface area contributed by atoms with Crippen molar-refractivity contribution in [1.29, 1.82) is 0 Å². The van der Waals surface area contributed by atoms with E-state index in [1.807, 2.05) is 6.20 Å². The molecule has 2 heterocycles. The second-order valence-electron chi connectivity index (χ2n) is 6.03. The molecule has 0 radical (unpaired) electrons. The van der Waals surface area contributed by atoms with Crippen molar-refractivity contribution in [3.05, 3.63) is 52.8 Å². The van der Waals surface area contributed by atoms with Crippen LogP contribution < -0.4 is 4.74 Å². The maximum absolute atomic E-state index is 6.27. The summed E-state index contributed by atoms with van der Waals surface area (Å²) in [5.74, 6) is 0.637. The molecule has 0 amide bonds. The molecule has 1 atom stereocenters. The number of fused-ring (bicyclic) bond motifs is 2. The van der Waals surface area contributed by atoms with Crippen LogP contribution in [0.5, 0.6) is 5.88 Å². The van der Waals surface area contributed by atoms with Gasteiger partial charge in [-0.1, -0.05) is 24.3 Å². The second kappa shape index (κ2) is 4.83. The molecular weight excluding hydrogens is 274 g/mol. The second-order valence-corrected chi connectivity index (χ2v) is 6.03. The van der Waals surface area contributed by atoms with Crippen LogP contribution in [0, 0.1) is 13.8 Å². The summed E-state index contributed by atoms with van der Waals surface area (Å²) in [6.07, 6.45) is 3.97. The highest BCUT2D eigenvalue weighted by Gasteiger charge is 2.25. The highest BCUT2D eigenvalue weighted by Crippen LogP contribution is 2.37. The number of hydrogen-bond donors (Lipinski definition) is 0. The van der Waals surface area contributed by atoms with Crippen LogP contribution in [0.2, 0.25) is 0 Å².